The number of nitrogens with one attached hydrogen (secondary N) is 1. The Bertz CT molecular complexity index is 692. The van der Waals surface area contributed by atoms with Gasteiger partial charge in [0, 0.05) is 11.3 Å². The van der Waals surface area contributed by atoms with Gasteiger partial charge in [-0.15, -0.1) is 0 Å². The molecule has 1 amide bonds. The maximum absolute atomic E-state index is 12.0. The maximum atomic E-state index is 12.0. The fraction of sp³-hybridized carbons (Fsp3) is 0.312. The lowest BCUT2D eigenvalue weighted by Crippen LogP contribution is -2.39. The zero-order valence-corrected chi connectivity index (χ0v) is 12.8. The quantitative estimate of drug-likeness (QED) is 0.879. The first-order chi connectivity index (χ1) is 10.4. The minimum Gasteiger partial charge on any atom is -0.480 e. The summed E-state index contributed by atoms with van der Waals surface area (Å²) in [6.45, 7) is 5.18. The van der Waals surface area contributed by atoms with Crippen LogP contribution in [0.2, 0.25) is 0 Å². The van der Waals surface area contributed by atoms with E-state index < -0.39 is 12.0 Å². The third-order valence-electron chi connectivity index (χ3n) is 3.53. The van der Waals surface area contributed by atoms with Gasteiger partial charge in [-0.2, -0.15) is 5.10 Å². The monoisotopic (exact) mass is 301 g/mol. The van der Waals surface area contributed by atoms with E-state index in [0.29, 0.717) is 0 Å². The van der Waals surface area contributed by atoms with Gasteiger partial charge in [-0.05, 0) is 32.9 Å². The number of carboxylic acid groups (broad SMARTS) is 1. The first-order valence-corrected chi connectivity index (χ1v) is 7.03. The molecule has 6 heteroatoms. The van der Waals surface area contributed by atoms with Crippen molar-refractivity contribution in [3.05, 3.63) is 47.3 Å². The van der Waals surface area contributed by atoms with Crippen molar-refractivity contribution < 1.29 is 14.7 Å². The molecule has 1 heterocycles. The standard InChI is InChI=1S/C16H19N3O3/c1-10-14(9-15(20)17-11(2)16(21)22)12(3)19(18-10)13-7-5-4-6-8-13/h4-8,11H,9H2,1-3H3,(H,17,20)(H,21,22)/t11-/m1/s1. The van der Waals surface area contributed by atoms with Crippen molar-refractivity contribution in [2.45, 2.75) is 33.2 Å². The van der Waals surface area contributed by atoms with E-state index in [1.165, 1.54) is 6.92 Å². The predicted octanol–water partition coefficient (Wildman–Crippen LogP) is 1.62. The number of benzene rings is 1. The van der Waals surface area contributed by atoms with E-state index in [1.807, 2.05) is 44.2 Å². The second kappa shape index (κ2) is 6.43. The van der Waals surface area contributed by atoms with Crippen LogP contribution >= 0.6 is 0 Å². The molecule has 2 aromatic rings. The van der Waals surface area contributed by atoms with Crippen LogP contribution in [0.3, 0.4) is 0 Å². The topological polar surface area (TPSA) is 84.2 Å². The minimum absolute atomic E-state index is 0.113. The molecule has 0 fully saturated rings. The smallest absolute Gasteiger partial charge is 0.325 e. The van der Waals surface area contributed by atoms with Crippen LogP contribution in [0.5, 0.6) is 0 Å². The number of aromatic nitrogens is 2. The number of para-hydroxylation sites is 1. The molecule has 0 aliphatic heterocycles. The fourth-order valence-corrected chi connectivity index (χ4v) is 2.27. The minimum atomic E-state index is -1.05. The van der Waals surface area contributed by atoms with Crippen LogP contribution in [0.1, 0.15) is 23.9 Å². The van der Waals surface area contributed by atoms with Crippen molar-refractivity contribution >= 4 is 11.9 Å². The first kappa shape index (κ1) is 15.8. The second-order valence-electron chi connectivity index (χ2n) is 5.20. The van der Waals surface area contributed by atoms with Crippen LogP contribution in [0, 0.1) is 13.8 Å². The summed E-state index contributed by atoms with van der Waals surface area (Å²) in [5, 5.41) is 15.8. The lowest BCUT2D eigenvalue weighted by molar-refractivity contribution is -0.141. The van der Waals surface area contributed by atoms with E-state index in [0.717, 1.165) is 22.6 Å². The van der Waals surface area contributed by atoms with Crippen LogP contribution in [0.15, 0.2) is 30.3 Å². The Morgan fingerprint density at radius 3 is 2.50 bits per heavy atom. The molecule has 116 valence electrons. The molecule has 22 heavy (non-hydrogen) atoms. The number of carboxylic acids is 1. The zero-order chi connectivity index (χ0) is 16.3. The van der Waals surface area contributed by atoms with E-state index in [9.17, 15) is 9.59 Å². The summed E-state index contributed by atoms with van der Waals surface area (Å²) in [5.41, 5.74) is 3.38. The normalized spacial score (nSPS) is 12.0. The van der Waals surface area contributed by atoms with Gasteiger partial charge in [0.15, 0.2) is 0 Å². The van der Waals surface area contributed by atoms with Crippen molar-refractivity contribution in [3.8, 4) is 5.69 Å². The van der Waals surface area contributed by atoms with Gasteiger partial charge >= 0.3 is 5.97 Å². The molecule has 2 N–H and O–H groups in total. The highest BCUT2D eigenvalue weighted by atomic mass is 16.4. The number of rotatable bonds is 5. The van der Waals surface area contributed by atoms with Crippen LogP contribution in [0.25, 0.3) is 5.69 Å². The third kappa shape index (κ3) is 3.33. The lowest BCUT2D eigenvalue weighted by Gasteiger charge is -2.09. The predicted molar refractivity (Wildman–Crippen MR) is 82.0 cm³/mol. The SMILES string of the molecule is Cc1nn(-c2ccccc2)c(C)c1CC(=O)N[C@H](C)C(=O)O. The highest BCUT2D eigenvalue weighted by Gasteiger charge is 2.18. The summed E-state index contributed by atoms with van der Waals surface area (Å²) >= 11 is 0. The van der Waals surface area contributed by atoms with Gasteiger partial charge in [0.05, 0.1) is 17.8 Å². The molecule has 0 saturated heterocycles. The first-order valence-electron chi connectivity index (χ1n) is 7.03. The summed E-state index contributed by atoms with van der Waals surface area (Å²) in [7, 11) is 0. The summed E-state index contributed by atoms with van der Waals surface area (Å²) in [6, 6.07) is 8.75. The molecule has 0 saturated carbocycles. The number of hydrogen-bond donors (Lipinski definition) is 2. The highest BCUT2D eigenvalue weighted by molar-refractivity contribution is 5.84. The second-order valence-corrected chi connectivity index (χ2v) is 5.20. The average molecular weight is 301 g/mol. The van der Waals surface area contributed by atoms with Crippen molar-refractivity contribution in [2.75, 3.05) is 0 Å². The summed E-state index contributed by atoms with van der Waals surface area (Å²) in [5.74, 6) is -1.38. The number of aliphatic carboxylic acids is 1. The Morgan fingerprint density at radius 2 is 1.91 bits per heavy atom. The van der Waals surface area contributed by atoms with Gasteiger partial charge in [-0.3, -0.25) is 9.59 Å². The maximum Gasteiger partial charge on any atom is 0.325 e. The molecular formula is C16H19N3O3. The third-order valence-corrected chi connectivity index (χ3v) is 3.53. The van der Waals surface area contributed by atoms with E-state index in [-0.39, 0.29) is 12.3 Å². The van der Waals surface area contributed by atoms with Crippen LogP contribution in [-0.2, 0) is 16.0 Å². The van der Waals surface area contributed by atoms with Crippen molar-refractivity contribution in [1.29, 1.82) is 0 Å². The number of carbonyl (C=O) groups is 2. The van der Waals surface area contributed by atoms with Gasteiger partial charge in [-0.1, -0.05) is 18.2 Å². The van der Waals surface area contributed by atoms with Crippen LogP contribution < -0.4 is 5.32 Å². The lowest BCUT2D eigenvalue weighted by atomic mass is 10.1. The van der Waals surface area contributed by atoms with Crippen LogP contribution in [0.4, 0.5) is 0 Å². The Morgan fingerprint density at radius 1 is 1.27 bits per heavy atom. The van der Waals surface area contributed by atoms with E-state index in [4.69, 9.17) is 5.11 Å². The molecule has 1 atom stereocenters. The largest absolute Gasteiger partial charge is 0.480 e. The zero-order valence-electron chi connectivity index (χ0n) is 12.8. The highest BCUT2D eigenvalue weighted by Crippen LogP contribution is 2.18. The Labute approximate surface area is 128 Å². The van der Waals surface area contributed by atoms with Crippen LogP contribution in [-0.4, -0.2) is 32.8 Å². The van der Waals surface area contributed by atoms with Gasteiger partial charge in [-0.25, -0.2) is 4.68 Å². The molecule has 1 aromatic heterocycles. The van der Waals surface area contributed by atoms with E-state index >= 15 is 0 Å². The Balaban J connectivity index is 2.21. The van der Waals surface area contributed by atoms with Crippen molar-refractivity contribution in [3.63, 3.8) is 0 Å². The number of carbonyl (C=O) groups excluding carboxylic acids is 1. The molecular weight excluding hydrogens is 282 g/mol. The van der Waals surface area contributed by atoms with E-state index in [1.54, 1.807) is 4.68 Å². The number of aryl methyl sites for hydroxylation is 1. The summed E-state index contributed by atoms with van der Waals surface area (Å²) in [4.78, 5) is 22.7. The Kier molecular flexibility index (Phi) is 4.60. The molecule has 0 unspecified atom stereocenters. The molecule has 0 spiro atoms. The molecule has 0 radical (unpaired) electrons. The van der Waals surface area contributed by atoms with E-state index in [2.05, 4.69) is 10.4 Å². The molecule has 2 rings (SSSR count). The fourth-order valence-electron chi connectivity index (χ4n) is 2.27. The van der Waals surface area contributed by atoms with Crippen molar-refractivity contribution in [1.82, 2.24) is 15.1 Å². The number of amides is 1. The summed E-state index contributed by atoms with van der Waals surface area (Å²) < 4.78 is 1.79. The van der Waals surface area contributed by atoms with Crippen molar-refractivity contribution in [2.24, 2.45) is 0 Å². The molecule has 6 nitrogen and oxygen atoms in total. The van der Waals surface area contributed by atoms with Gasteiger partial charge in [0.1, 0.15) is 6.04 Å². The summed E-state index contributed by atoms with van der Waals surface area (Å²) in [6.07, 6.45) is 0.113. The van der Waals surface area contributed by atoms with Gasteiger partial charge < -0.3 is 10.4 Å². The molecule has 1 aromatic carbocycles. The number of hydrogen-bond acceptors (Lipinski definition) is 3. The molecule has 0 aliphatic rings. The number of nitrogens with zero attached hydrogens (tertiary/aromatic N) is 2. The Hall–Kier alpha value is -2.63. The molecule has 0 bridgehead atoms. The molecule has 0 aliphatic carbocycles. The van der Waals surface area contributed by atoms with Gasteiger partial charge in [0.2, 0.25) is 5.91 Å². The van der Waals surface area contributed by atoms with Gasteiger partial charge in [0.25, 0.3) is 0 Å². The average Bonchev–Trinajstić information content (AvgIpc) is 2.76.